The molecule has 0 aliphatic carbocycles. The lowest BCUT2D eigenvalue weighted by Gasteiger charge is -2.15. The van der Waals surface area contributed by atoms with E-state index in [9.17, 15) is 9.59 Å². The minimum atomic E-state index is -0.389. The van der Waals surface area contributed by atoms with E-state index in [1.165, 1.54) is 0 Å². The summed E-state index contributed by atoms with van der Waals surface area (Å²) in [5, 5.41) is 3.35. The molecule has 0 fully saturated rings. The van der Waals surface area contributed by atoms with Gasteiger partial charge >= 0.3 is 5.97 Å². The number of carbonyl (C=O) groups excluding carboxylic acids is 2. The largest absolute Gasteiger partial charge is 0.456 e. The summed E-state index contributed by atoms with van der Waals surface area (Å²) in [5.41, 5.74) is 1.88. The van der Waals surface area contributed by atoms with Gasteiger partial charge in [0.2, 0.25) is 0 Å². The molecule has 1 atom stereocenters. The molecule has 2 aromatic rings. The van der Waals surface area contributed by atoms with Crippen molar-refractivity contribution < 1.29 is 14.3 Å². The highest BCUT2D eigenvalue weighted by Gasteiger charge is 2.13. The Morgan fingerprint density at radius 2 is 1.75 bits per heavy atom. The predicted molar refractivity (Wildman–Crippen MR) is 93.7 cm³/mol. The van der Waals surface area contributed by atoms with E-state index >= 15 is 0 Å². The normalized spacial score (nSPS) is 11.6. The Morgan fingerprint density at radius 3 is 2.46 bits per heavy atom. The van der Waals surface area contributed by atoms with Crippen molar-refractivity contribution in [3.05, 3.63) is 70.7 Å². The first kappa shape index (κ1) is 18.0. The SMILES string of the molecule is C[C@H](NC(=O)COC(=O)CCc1ccccc1)c1ccccc1Cl. The fourth-order valence-electron chi connectivity index (χ4n) is 2.30. The average Bonchev–Trinajstić information content (AvgIpc) is 2.59. The molecule has 0 heterocycles. The van der Waals surface area contributed by atoms with Crippen LogP contribution in [0.2, 0.25) is 5.02 Å². The second-order valence-electron chi connectivity index (χ2n) is 5.46. The lowest BCUT2D eigenvalue weighted by Crippen LogP contribution is -2.31. The van der Waals surface area contributed by atoms with E-state index in [-0.39, 0.29) is 30.9 Å². The molecule has 0 aliphatic rings. The van der Waals surface area contributed by atoms with Crippen molar-refractivity contribution in [1.29, 1.82) is 0 Å². The predicted octanol–water partition coefficient (Wildman–Crippen LogP) is 3.69. The number of hydrogen-bond donors (Lipinski definition) is 1. The van der Waals surface area contributed by atoms with Crippen LogP contribution in [-0.2, 0) is 20.7 Å². The van der Waals surface area contributed by atoms with Crippen molar-refractivity contribution in [2.75, 3.05) is 6.61 Å². The molecule has 2 aromatic carbocycles. The maximum Gasteiger partial charge on any atom is 0.306 e. The molecule has 1 amide bonds. The molecule has 0 radical (unpaired) electrons. The van der Waals surface area contributed by atoms with Crippen LogP contribution in [0.5, 0.6) is 0 Å². The molecule has 24 heavy (non-hydrogen) atoms. The molecule has 0 saturated heterocycles. The van der Waals surface area contributed by atoms with E-state index in [1.54, 1.807) is 6.07 Å². The van der Waals surface area contributed by atoms with Gasteiger partial charge in [-0.15, -0.1) is 0 Å². The topological polar surface area (TPSA) is 55.4 Å². The van der Waals surface area contributed by atoms with Gasteiger partial charge in [0.05, 0.1) is 6.04 Å². The van der Waals surface area contributed by atoms with E-state index in [0.717, 1.165) is 11.1 Å². The van der Waals surface area contributed by atoms with Crippen LogP contribution in [0.4, 0.5) is 0 Å². The number of halogens is 1. The Morgan fingerprint density at radius 1 is 1.08 bits per heavy atom. The summed E-state index contributed by atoms with van der Waals surface area (Å²) in [5.74, 6) is -0.741. The second kappa shape index (κ2) is 9.08. The summed E-state index contributed by atoms with van der Waals surface area (Å²) >= 11 is 6.09. The maximum absolute atomic E-state index is 11.9. The van der Waals surface area contributed by atoms with Crippen LogP contribution >= 0.6 is 11.6 Å². The number of hydrogen-bond acceptors (Lipinski definition) is 3. The number of rotatable bonds is 7. The van der Waals surface area contributed by atoms with Crippen LogP contribution in [0.15, 0.2) is 54.6 Å². The Balaban J connectivity index is 1.72. The molecule has 0 aromatic heterocycles. The third-order valence-electron chi connectivity index (χ3n) is 3.57. The van der Waals surface area contributed by atoms with Gasteiger partial charge in [-0.1, -0.05) is 60.1 Å². The van der Waals surface area contributed by atoms with Crippen molar-refractivity contribution in [3.8, 4) is 0 Å². The molecule has 0 spiro atoms. The van der Waals surface area contributed by atoms with Gasteiger partial charge in [0.15, 0.2) is 6.61 Å². The Hall–Kier alpha value is -2.33. The van der Waals surface area contributed by atoms with Crippen molar-refractivity contribution in [3.63, 3.8) is 0 Å². The van der Waals surface area contributed by atoms with Gasteiger partial charge < -0.3 is 10.1 Å². The fraction of sp³-hybridized carbons (Fsp3) is 0.263. The maximum atomic E-state index is 11.9. The van der Waals surface area contributed by atoms with E-state index in [1.807, 2.05) is 55.5 Å². The first-order valence-corrected chi connectivity index (χ1v) is 8.17. The third-order valence-corrected chi connectivity index (χ3v) is 3.92. The van der Waals surface area contributed by atoms with Crippen LogP contribution < -0.4 is 5.32 Å². The van der Waals surface area contributed by atoms with Gasteiger partial charge in [0.1, 0.15) is 0 Å². The van der Waals surface area contributed by atoms with Gasteiger partial charge in [-0.05, 0) is 30.5 Å². The molecule has 1 N–H and O–H groups in total. The third kappa shape index (κ3) is 5.70. The van der Waals surface area contributed by atoms with Crippen LogP contribution in [0.3, 0.4) is 0 Å². The number of benzene rings is 2. The number of aryl methyl sites for hydroxylation is 1. The molecular formula is C19H20ClNO3. The monoisotopic (exact) mass is 345 g/mol. The molecular weight excluding hydrogens is 326 g/mol. The Labute approximate surface area is 146 Å². The molecule has 0 bridgehead atoms. The van der Waals surface area contributed by atoms with Crippen molar-refractivity contribution in [2.24, 2.45) is 0 Å². The van der Waals surface area contributed by atoms with Gasteiger partial charge in [-0.2, -0.15) is 0 Å². The van der Waals surface area contributed by atoms with Crippen LogP contribution in [0.1, 0.15) is 30.5 Å². The first-order valence-electron chi connectivity index (χ1n) is 7.79. The molecule has 0 unspecified atom stereocenters. The Bertz CT molecular complexity index is 688. The fourth-order valence-corrected chi connectivity index (χ4v) is 2.60. The van der Waals surface area contributed by atoms with Gasteiger partial charge in [0.25, 0.3) is 5.91 Å². The van der Waals surface area contributed by atoms with E-state index in [2.05, 4.69) is 5.32 Å². The quantitative estimate of drug-likeness (QED) is 0.778. The zero-order chi connectivity index (χ0) is 17.4. The lowest BCUT2D eigenvalue weighted by atomic mass is 10.1. The molecule has 126 valence electrons. The highest BCUT2D eigenvalue weighted by molar-refractivity contribution is 6.31. The number of amides is 1. The Kier molecular flexibility index (Phi) is 6.82. The number of ether oxygens (including phenoxy) is 1. The summed E-state index contributed by atoms with van der Waals surface area (Å²) in [6.07, 6.45) is 0.842. The minimum Gasteiger partial charge on any atom is -0.456 e. The van der Waals surface area contributed by atoms with Crippen molar-refractivity contribution in [1.82, 2.24) is 5.32 Å². The van der Waals surface area contributed by atoms with Crippen molar-refractivity contribution >= 4 is 23.5 Å². The molecule has 0 aliphatic heterocycles. The molecule has 4 nitrogen and oxygen atoms in total. The zero-order valence-corrected chi connectivity index (χ0v) is 14.3. The molecule has 2 rings (SSSR count). The average molecular weight is 346 g/mol. The first-order chi connectivity index (χ1) is 11.6. The van der Waals surface area contributed by atoms with Gasteiger partial charge in [0, 0.05) is 11.4 Å². The summed E-state index contributed by atoms with van der Waals surface area (Å²) in [6, 6.07) is 16.7. The molecule has 5 heteroatoms. The van der Waals surface area contributed by atoms with Crippen LogP contribution in [0.25, 0.3) is 0 Å². The summed E-state index contributed by atoms with van der Waals surface area (Å²) in [4.78, 5) is 23.6. The second-order valence-corrected chi connectivity index (χ2v) is 5.86. The number of esters is 1. The van der Waals surface area contributed by atoms with Crippen LogP contribution in [-0.4, -0.2) is 18.5 Å². The van der Waals surface area contributed by atoms with Gasteiger partial charge in [-0.25, -0.2) is 0 Å². The van der Waals surface area contributed by atoms with Gasteiger partial charge in [-0.3, -0.25) is 9.59 Å². The molecule has 0 saturated carbocycles. The standard InChI is InChI=1S/C19H20ClNO3/c1-14(16-9-5-6-10-17(16)20)21-18(22)13-24-19(23)12-11-15-7-3-2-4-8-15/h2-10,14H,11-13H2,1H3,(H,21,22)/t14-/m0/s1. The zero-order valence-electron chi connectivity index (χ0n) is 13.5. The summed E-state index contributed by atoms with van der Waals surface area (Å²) in [7, 11) is 0. The van der Waals surface area contributed by atoms with Crippen molar-refractivity contribution in [2.45, 2.75) is 25.8 Å². The van der Waals surface area contributed by atoms with Crippen LogP contribution in [0, 0.1) is 0 Å². The summed E-state index contributed by atoms with van der Waals surface area (Å²) in [6.45, 7) is 1.54. The highest BCUT2D eigenvalue weighted by Crippen LogP contribution is 2.21. The summed E-state index contributed by atoms with van der Waals surface area (Å²) < 4.78 is 5.01. The van der Waals surface area contributed by atoms with E-state index in [0.29, 0.717) is 11.4 Å². The number of carbonyl (C=O) groups is 2. The van der Waals surface area contributed by atoms with E-state index < -0.39 is 0 Å². The highest BCUT2D eigenvalue weighted by atomic mass is 35.5. The van der Waals surface area contributed by atoms with E-state index in [4.69, 9.17) is 16.3 Å². The lowest BCUT2D eigenvalue weighted by molar-refractivity contribution is -0.148. The number of nitrogens with one attached hydrogen (secondary N) is 1. The smallest absolute Gasteiger partial charge is 0.306 e. The minimum absolute atomic E-state index is 0.247.